The lowest BCUT2D eigenvalue weighted by molar-refractivity contribution is 0.0920. The average Bonchev–Trinajstić information content (AvgIpc) is 2.72. The smallest absolute Gasteiger partial charge is 0.122 e. The summed E-state index contributed by atoms with van der Waals surface area (Å²) in [5.41, 5.74) is 2.76. The maximum Gasteiger partial charge on any atom is 0.122 e. The van der Waals surface area contributed by atoms with Gasteiger partial charge in [0.15, 0.2) is 0 Å². The number of rotatable bonds is 0. The molecule has 1 nitrogen and oxygen atoms in total. The fraction of sp³-hybridized carbons (Fsp3) is 0.846. The molecular weight excluding hydrogens is 202 g/mol. The van der Waals surface area contributed by atoms with Gasteiger partial charge in [-0.1, -0.05) is 0 Å². The van der Waals surface area contributed by atoms with Gasteiger partial charge in [0.25, 0.3) is 0 Å². The predicted octanol–water partition coefficient (Wildman–Crippen LogP) is 3.43. The van der Waals surface area contributed by atoms with E-state index in [1.54, 1.807) is 31.0 Å². The molecule has 0 amide bonds. The average molecular weight is 221 g/mol. The van der Waals surface area contributed by atoms with Crippen molar-refractivity contribution in [1.82, 2.24) is 0 Å². The van der Waals surface area contributed by atoms with Crippen LogP contribution in [0.1, 0.15) is 38.5 Å². The topological polar surface area (TPSA) is 12.4 Å². The Bertz CT molecular complexity index is 186. The van der Waals surface area contributed by atoms with E-state index in [1.165, 1.54) is 19.3 Å². The zero-order valence-electron chi connectivity index (χ0n) is 9.24. The van der Waals surface area contributed by atoms with Gasteiger partial charge in [0.1, 0.15) is 5.55 Å². The van der Waals surface area contributed by atoms with E-state index >= 15 is 0 Å². The van der Waals surface area contributed by atoms with Gasteiger partial charge in [0.05, 0.1) is 0 Å². The van der Waals surface area contributed by atoms with Crippen LogP contribution in [0.25, 0.3) is 0 Å². The van der Waals surface area contributed by atoms with Gasteiger partial charge in [0.2, 0.25) is 0 Å². The zero-order chi connectivity index (χ0) is 10.1. The van der Waals surface area contributed by atoms with Gasteiger partial charge in [-0.15, -0.1) is 11.8 Å². The molecule has 1 heterocycles. The van der Waals surface area contributed by atoms with E-state index < -0.39 is 0 Å². The fourth-order valence-electron chi connectivity index (χ4n) is 3.91. The predicted molar refractivity (Wildman–Crippen MR) is 66.2 cm³/mol. The lowest BCUT2D eigenvalue weighted by atomic mass is 9.56. The molecule has 2 heteroatoms. The molecule has 0 aromatic heterocycles. The van der Waals surface area contributed by atoms with Crippen LogP contribution in [0.2, 0.25) is 0 Å². The fourth-order valence-corrected chi connectivity index (χ4v) is 4.36. The lowest BCUT2D eigenvalue weighted by Gasteiger charge is -2.49. The molecule has 15 heavy (non-hydrogen) atoms. The number of aliphatic imine (C=N–C) groups is 1. The number of hydrogen-bond donors (Lipinski definition) is 0. The Labute approximate surface area is 97.1 Å². The quantitative estimate of drug-likeness (QED) is 0.610. The molecule has 82 valence electrons. The summed E-state index contributed by atoms with van der Waals surface area (Å²) < 4.78 is 0. The van der Waals surface area contributed by atoms with Gasteiger partial charge in [-0.25, -0.2) is 0 Å². The van der Waals surface area contributed by atoms with Crippen molar-refractivity contribution in [2.24, 2.45) is 22.7 Å². The summed E-state index contributed by atoms with van der Waals surface area (Å²) >= 11 is 1.66. The maximum absolute atomic E-state index is 3.80. The van der Waals surface area contributed by atoms with Crippen molar-refractivity contribution < 1.29 is 0 Å². The summed E-state index contributed by atoms with van der Waals surface area (Å²) in [5, 5.41) is 0. The Morgan fingerprint density at radius 1 is 1.00 bits per heavy atom. The number of thioether (sulfide) groups is 1. The highest BCUT2D eigenvalue weighted by Crippen LogP contribution is 2.54. The second kappa shape index (κ2) is 4.48. The van der Waals surface area contributed by atoms with Crippen LogP contribution >= 0.6 is 11.8 Å². The number of hydrogen-bond acceptors (Lipinski definition) is 2. The molecule has 4 aliphatic carbocycles. The summed E-state index contributed by atoms with van der Waals surface area (Å²) in [4.78, 5) is 3.80. The van der Waals surface area contributed by atoms with E-state index in [1.807, 2.05) is 5.92 Å². The highest BCUT2D eigenvalue weighted by molar-refractivity contribution is 8.12. The SMILES string of the molecule is C1[C]2CC3CC1CC(C2)C3.[C]1=NCCS1. The Hall–Kier alpha value is 0.0200. The first kappa shape index (κ1) is 10.2. The molecule has 0 N–H and O–H groups in total. The Morgan fingerprint density at radius 2 is 1.60 bits per heavy atom. The summed E-state index contributed by atoms with van der Waals surface area (Å²) in [5.74, 6) is 6.49. The molecule has 0 spiro atoms. The van der Waals surface area contributed by atoms with E-state index in [0.29, 0.717) is 0 Å². The van der Waals surface area contributed by atoms with Crippen LogP contribution in [-0.2, 0) is 0 Å². The molecule has 0 aromatic carbocycles. The van der Waals surface area contributed by atoms with E-state index in [0.717, 1.165) is 30.1 Å². The first-order chi connectivity index (χ1) is 7.40. The van der Waals surface area contributed by atoms with Crippen LogP contribution in [0.3, 0.4) is 0 Å². The van der Waals surface area contributed by atoms with Crippen LogP contribution in [-0.4, -0.2) is 17.8 Å². The van der Waals surface area contributed by atoms with Gasteiger partial charge in [-0.05, 0) is 62.2 Å². The highest BCUT2D eigenvalue weighted by Gasteiger charge is 2.42. The molecule has 4 bridgehead atoms. The molecule has 0 atom stereocenters. The minimum absolute atomic E-state index is 0.977. The van der Waals surface area contributed by atoms with Gasteiger partial charge >= 0.3 is 0 Å². The Morgan fingerprint density at radius 3 is 1.87 bits per heavy atom. The third-order valence-electron chi connectivity index (χ3n) is 4.17. The highest BCUT2D eigenvalue weighted by atomic mass is 32.2. The summed E-state index contributed by atoms with van der Waals surface area (Å²) in [6.07, 6.45) is 9.31. The van der Waals surface area contributed by atoms with E-state index in [2.05, 4.69) is 10.5 Å². The first-order valence-corrected chi connectivity index (χ1v) is 7.25. The molecule has 0 aromatic rings. The van der Waals surface area contributed by atoms with Crippen molar-refractivity contribution >= 4 is 17.3 Å². The van der Waals surface area contributed by atoms with E-state index in [-0.39, 0.29) is 0 Å². The van der Waals surface area contributed by atoms with Crippen LogP contribution in [0, 0.1) is 23.7 Å². The lowest BCUT2D eigenvalue weighted by Crippen LogP contribution is -2.37. The largest absolute Gasteiger partial charge is 0.275 e. The molecule has 4 fully saturated rings. The van der Waals surface area contributed by atoms with Crippen molar-refractivity contribution in [2.45, 2.75) is 38.5 Å². The van der Waals surface area contributed by atoms with E-state index in [4.69, 9.17) is 0 Å². The first-order valence-electron chi connectivity index (χ1n) is 6.27. The standard InChI is InChI=1S/C10H15.C3H4NS/c1-7-2-9-4-8(1)5-10(3-7)6-9;1-2-5-3-4-1/h7-9H,1-6H2;1-2H2. The molecule has 1 aliphatic heterocycles. The zero-order valence-corrected chi connectivity index (χ0v) is 10.1. The van der Waals surface area contributed by atoms with Crippen molar-refractivity contribution in [3.63, 3.8) is 0 Å². The molecule has 0 unspecified atom stereocenters. The Balaban J connectivity index is 0.000000123. The van der Waals surface area contributed by atoms with Crippen LogP contribution in [0.15, 0.2) is 4.99 Å². The Kier molecular flexibility index (Phi) is 3.05. The van der Waals surface area contributed by atoms with Gasteiger partial charge in [-0.2, -0.15) is 0 Å². The second-order valence-electron chi connectivity index (χ2n) is 5.49. The monoisotopic (exact) mass is 221 g/mol. The third kappa shape index (κ3) is 2.41. The molecule has 5 rings (SSSR count). The van der Waals surface area contributed by atoms with Crippen molar-refractivity contribution in [1.29, 1.82) is 0 Å². The van der Waals surface area contributed by atoms with Gasteiger partial charge in [-0.3, -0.25) is 4.99 Å². The second-order valence-corrected chi connectivity index (χ2v) is 6.37. The normalized spacial score (nSPS) is 41.7. The summed E-state index contributed by atoms with van der Waals surface area (Å²) in [6, 6.07) is 0. The summed E-state index contributed by atoms with van der Waals surface area (Å²) in [6.45, 7) is 0.977. The minimum Gasteiger partial charge on any atom is -0.275 e. The van der Waals surface area contributed by atoms with Crippen LogP contribution in [0.4, 0.5) is 0 Å². The number of nitrogens with zero attached hydrogens (tertiary/aromatic N) is 1. The van der Waals surface area contributed by atoms with Gasteiger partial charge < -0.3 is 0 Å². The van der Waals surface area contributed by atoms with Crippen LogP contribution in [0.5, 0.6) is 0 Å². The van der Waals surface area contributed by atoms with Crippen molar-refractivity contribution in [3.05, 3.63) is 5.92 Å². The van der Waals surface area contributed by atoms with Crippen LogP contribution < -0.4 is 0 Å². The van der Waals surface area contributed by atoms with Gasteiger partial charge in [0, 0.05) is 12.3 Å². The maximum atomic E-state index is 3.80. The molecule has 4 saturated carbocycles. The molecule has 5 aliphatic rings. The molecular formula is C13H19NS. The third-order valence-corrected chi connectivity index (χ3v) is 4.81. The summed E-state index contributed by atoms with van der Waals surface area (Å²) in [7, 11) is 0. The van der Waals surface area contributed by atoms with E-state index in [9.17, 15) is 0 Å². The van der Waals surface area contributed by atoms with Crippen molar-refractivity contribution in [3.8, 4) is 0 Å². The molecule has 2 radical (unpaired) electrons. The molecule has 0 saturated heterocycles. The van der Waals surface area contributed by atoms with Crippen molar-refractivity contribution in [2.75, 3.05) is 12.3 Å². The minimum atomic E-state index is 0.977.